The fraction of sp³-hybridized carbons (Fsp3) is 0.750. The number of hydrogen-bond donors (Lipinski definition) is 2. The van der Waals surface area contributed by atoms with E-state index in [0.717, 1.165) is 18.8 Å². The summed E-state index contributed by atoms with van der Waals surface area (Å²) in [6.45, 7) is 4.96. The third-order valence-electron chi connectivity index (χ3n) is 2.44. The minimum atomic E-state index is 0.0728. The molecule has 0 saturated carbocycles. The molecule has 98 valence electrons. The van der Waals surface area contributed by atoms with Crippen LogP contribution in [0.1, 0.15) is 26.2 Å². The largest absolute Gasteiger partial charge is 0.394 e. The van der Waals surface area contributed by atoms with Gasteiger partial charge in [0.15, 0.2) is 0 Å². The van der Waals surface area contributed by atoms with Crippen molar-refractivity contribution in [3.05, 3.63) is 12.4 Å². The summed E-state index contributed by atoms with van der Waals surface area (Å²) >= 11 is 0. The lowest BCUT2D eigenvalue weighted by atomic mass is 10.2. The molecule has 0 bridgehead atoms. The molecule has 1 heterocycles. The van der Waals surface area contributed by atoms with Gasteiger partial charge in [0.1, 0.15) is 0 Å². The van der Waals surface area contributed by atoms with Gasteiger partial charge in [-0.2, -0.15) is 5.10 Å². The first-order valence-corrected chi connectivity index (χ1v) is 6.31. The van der Waals surface area contributed by atoms with E-state index in [4.69, 9.17) is 9.84 Å². The zero-order valence-corrected chi connectivity index (χ0v) is 10.6. The first-order chi connectivity index (χ1) is 8.36. The van der Waals surface area contributed by atoms with Crippen molar-refractivity contribution >= 4 is 5.69 Å². The smallest absolute Gasteiger partial charge is 0.0726 e. The molecule has 0 unspecified atom stereocenters. The van der Waals surface area contributed by atoms with Gasteiger partial charge in [-0.15, -0.1) is 0 Å². The standard InChI is InChI=1S/C12H23N3O2/c1-2-3-4-5-13-12-10-14-15(11-12)6-8-17-9-7-16/h10-11,13,16H,2-9H2,1H3. The number of anilines is 1. The predicted molar refractivity (Wildman–Crippen MR) is 68.1 cm³/mol. The van der Waals surface area contributed by atoms with Crippen molar-refractivity contribution in [1.82, 2.24) is 9.78 Å². The summed E-state index contributed by atoms with van der Waals surface area (Å²) in [5.41, 5.74) is 1.06. The van der Waals surface area contributed by atoms with Crippen LogP contribution in [0.15, 0.2) is 12.4 Å². The van der Waals surface area contributed by atoms with Crippen molar-refractivity contribution in [1.29, 1.82) is 0 Å². The van der Waals surface area contributed by atoms with Gasteiger partial charge in [-0.3, -0.25) is 4.68 Å². The van der Waals surface area contributed by atoms with E-state index in [-0.39, 0.29) is 6.61 Å². The Bertz CT molecular complexity index is 263. The SMILES string of the molecule is CCCCCNc1cnn(CCOCCO)c1. The zero-order chi connectivity index (χ0) is 12.3. The van der Waals surface area contributed by atoms with Crippen molar-refractivity contribution in [3.63, 3.8) is 0 Å². The second-order valence-corrected chi connectivity index (χ2v) is 3.96. The summed E-state index contributed by atoms with van der Waals surface area (Å²) in [7, 11) is 0. The average Bonchev–Trinajstić information content (AvgIpc) is 2.78. The van der Waals surface area contributed by atoms with Crippen molar-refractivity contribution in [2.45, 2.75) is 32.7 Å². The summed E-state index contributed by atoms with van der Waals surface area (Å²) < 4.78 is 7.02. The molecule has 1 aromatic heterocycles. The quantitative estimate of drug-likeness (QED) is 0.609. The number of aliphatic hydroxyl groups excluding tert-OH is 1. The van der Waals surface area contributed by atoms with E-state index < -0.39 is 0 Å². The topological polar surface area (TPSA) is 59.3 Å². The van der Waals surface area contributed by atoms with Crippen molar-refractivity contribution in [2.75, 3.05) is 31.7 Å². The average molecular weight is 241 g/mol. The Hall–Kier alpha value is -1.07. The van der Waals surface area contributed by atoms with Gasteiger partial charge in [0.2, 0.25) is 0 Å². The monoisotopic (exact) mass is 241 g/mol. The first kappa shape index (κ1) is 14.0. The molecule has 0 amide bonds. The van der Waals surface area contributed by atoms with E-state index in [1.54, 1.807) is 0 Å². The molecule has 0 atom stereocenters. The molecule has 0 radical (unpaired) electrons. The fourth-order valence-electron chi connectivity index (χ4n) is 1.51. The summed E-state index contributed by atoms with van der Waals surface area (Å²) in [4.78, 5) is 0. The molecule has 0 aliphatic heterocycles. The van der Waals surface area contributed by atoms with Crippen molar-refractivity contribution in [2.24, 2.45) is 0 Å². The molecular formula is C12H23N3O2. The van der Waals surface area contributed by atoms with Crippen LogP contribution >= 0.6 is 0 Å². The van der Waals surface area contributed by atoms with Crippen molar-refractivity contribution < 1.29 is 9.84 Å². The number of rotatable bonds is 10. The van der Waals surface area contributed by atoms with E-state index in [9.17, 15) is 0 Å². The van der Waals surface area contributed by atoms with Gasteiger partial charge >= 0.3 is 0 Å². The lowest BCUT2D eigenvalue weighted by molar-refractivity contribution is 0.0854. The molecule has 5 heteroatoms. The van der Waals surface area contributed by atoms with Crippen LogP contribution in [0.3, 0.4) is 0 Å². The molecule has 0 aliphatic carbocycles. The second kappa shape index (κ2) is 9.01. The fourth-order valence-corrected chi connectivity index (χ4v) is 1.51. The third kappa shape index (κ3) is 6.28. The number of nitrogens with zero attached hydrogens (tertiary/aromatic N) is 2. The van der Waals surface area contributed by atoms with Crippen LogP contribution < -0.4 is 5.32 Å². The molecule has 5 nitrogen and oxygen atoms in total. The van der Waals surface area contributed by atoms with Gasteiger partial charge in [0.25, 0.3) is 0 Å². The van der Waals surface area contributed by atoms with E-state index in [0.29, 0.717) is 13.2 Å². The van der Waals surface area contributed by atoms with Crippen LogP contribution in [0.2, 0.25) is 0 Å². The Morgan fingerprint density at radius 3 is 3.06 bits per heavy atom. The maximum atomic E-state index is 8.55. The maximum absolute atomic E-state index is 8.55. The lowest BCUT2D eigenvalue weighted by Gasteiger charge is -2.03. The molecule has 0 aromatic carbocycles. The third-order valence-corrected chi connectivity index (χ3v) is 2.44. The number of aromatic nitrogens is 2. The second-order valence-electron chi connectivity index (χ2n) is 3.96. The van der Waals surface area contributed by atoms with Crippen LogP contribution in [0.4, 0.5) is 5.69 Å². The highest BCUT2D eigenvalue weighted by Gasteiger charge is 1.97. The van der Waals surface area contributed by atoms with Crippen LogP contribution in [-0.2, 0) is 11.3 Å². The lowest BCUT2D eigenvalue weighted by Crippen LogP contribution is -2.08. The Labute approximate surface area is 103 Å². The summed E-state index contributed by atoms with van der Waals surface area (Å²) in [6.07, 6.45) is 7.51. The van der Waals surface area contributed by atoms with E-state index >= 15 is 0 Å². The number of unbranched alkanes of at least 4 members (excludes halogenated alkanes) is 2. The minimum Gasteiger partial charge on any atom is -0.394 e. The molecule has 0 spiro atoms. The Morgan fingerprint density at radius 2 is 2.29 bits per heavy atom. The predicted octanol–water partition coefficient (Wildman–Crippen LogP) is 1.49. The van der Waals surface area contributed by atoms with Gasteiger partial charge in [0.05, 0.1) is 38.2 Å². The van der Waals surface area contributed by atoms with Crippen LogP contribution in [0.5, 0.6) is 0 Å². The van der Waals surface area contributed by atoms with E-state index in [2.05, 4.69) is 17.3 Å². The van der Waals surface area contributed by atoms with E-state index in [1.165, 1.54) is 19.3 Å². The molecule has 1 aromatic rings. The number of aliphatic hydroxyl groups is 1. The van der Waals surface area contributed by atoms with Crippen LogP contribution in [0, 0.1) is 0 Å². The van der Waals surface area contributed by atoms with Gasteiger partial charge in [-0.25, -0.2) is 0 Å². The summed E-state index contributed by atoms with van der Waals surface area (Å²) in [5.74, 6) is 0. The molecule has 17 heavy (non-hydrogen) atoms. The molecule has 1 rings (SSSR count). The molecule has 2 N–H and O–H groups in total. The van der Waals surface area contributed by atoms with Crippen LogP contribution in [-0.4, -0.2) is 41.3 Å². The maximum Gasteiger partial charge on any atom is 0.0726 e. The molecule has 0 saturated heterocycles. The molecule has 0 fully saturated rings. The summed E-state index contributed by atoms with van der Waals surface area (Å²) in [5, 5.41) is 16.1. The Morgan fingerprint density at radius 1 is 1.41 bits per heavy atom. The number of ether oxygens (including phenoxy) is 1. The highest BCUT2D eigenvalue weighted by atomic mass is 16.5. The normalized spacial score (nSPS) is 10.7. The van der Waals surface area contributed by atoms with Gasteiger partial charge in [-0.1, -0.05) is 19.8 Å². The highest BCUT2D eigenvalue weighted by molar-refractivity contribution is 5.37. The highest BCUT2D eigenvalue weighted by Crippen LogP contribution is 2.05. The molecule has 0 aliphatic rings. The van der Waals surface area contributed by atoms with Gasteiger partial charge in [0, 0.05) is 12.7 Å². The van der Waals surface area contributed by atoms with Crippen molar-refractivity contribution in [3.8, 4) is 0 Å². The summed E-state index contributed by atoms with van der Waals surface area (Å²) in [6, 6.07) is 0. The van der Waals surface area contributed by atoms with Crippen LogP contribution in [0.25, 0.3) is 0 Å². The first-order valence-electron chi connectivity index (χ1n) is 6.31. The Balaban J connectivity index is 2.14. The van der Waals surface area contributed by atoms with Gasteiger partial charge < -0.3 is 15.2 Å². The Kier molecular flexibility index (Phi) is 7.42. The van der Waals surface area contributed by atoms with Gasteiger partial charge in [-0.05, 0) is 6.42 Å². The number of hydrogen-bond acceptors (Lipinski definition) is 4. The number of nitrogens with one attached hydrogen (secondary N) is 1. The minimum absolute atomic E-state index is 0.0728. The van der Waals surface area contributed by atoms with E-state index in [1.807, 2.05) is 17.1 Å². The zero-order valence-electron chi connectivity index (χ0n) is 10.6. The molecular weight excluding hydrogens is 218 g/mol.